The molecule has 0 radical (unpaired) electrons. The molecule has 0 unspecified atom stereocenters. The van der Waals surface area contributed by atoms with Gasteiger partial charge in [0.2, 0.25) is 5.95 Å². The van der Waals surface area contributed by atoms with Crippen molar-refractivity contribution in [2.75, 3.05) is 36.7 Å². The number of hydrogen-bond donors (Lipinski definition) is 3. The van der Waals surface area contributed by atoms with E-state index < -0.39 is 0 Å². The zero-order chi connectivity index (χ0) is 20.8. The molecule has 0 saturated heterocycles. The molecule has 29 heavy (non-hydrogen) atoms. The van der Waals surface area contributed by atoms with Crippen LogP contribution in [0.15, 0.2) is 30.5 Å². The molecular weight excluding hydrogens is 368 g/mol. The highest BCUT2D eigenvalue weighted by molar-refractivity contribution is 5.89. The molecule has 2 amide bonds. The van der Waals surface area contributed by atoms with Crippen LogP contribution in [-0.2, 0) is 0 Å². The summed E-state index contributed by atoms with van der Waals surface area (Å²) in [5, 5.41) is 9.37. The zero-order valence-electron chi connectivity index (χ0n) is 17.5. The molecule has 3 rings (SSSR count). The van der Waals surface area contributed by atoms with Crippen LogP contribution in [0.2, 0.25) is 0 Å². The van der Waals surface area contributed by atoms with Crippen LogP contribution < -0.4 is 25.6 Å². The molecule has 0 bridgehead atoms. The van der Waals surface area contributed by atoms with Crippen LogP contribution in [0.1, 0.15) is 31.2 Å². The lowest BCUT2D eigenvalue weighted by Crippen LogP contribution is -2.42. The summed E-state index contributed by atoms with van der Waals surface area (Å²) in [6.45, 7) is 2.01. The third-order valence-electron chi connectivity index (χ3n) is 5.09. The molecule has 0 atom stereocenters. The van der Waals surface area contributed by atoms with E-state index in [4.69, 9.17) is 4.74 Å². The number of anilines is 3. The molecule has 1 aliphatic carbocycles. The number of carbonyl (C=O) groups is 1. The molecule has 1 fully saturated rings. The van der Waals surface area contributed by atoms with Crippen molar-refractivity contribution < 1.29 is 9.53 Å². The van der Waals surface area contributed by atoms with Gasteiger partial charge >= 0.3 is 6.03 Å². The number of nitrogens with zero attached hydrogens (tertiary/aromatic N) is 3. The van der Waals surface area contributed by atoms with E-state index in [1.807, 2.05) is 50.3 Å². The molecule has 1 aliphatic rings. The fraction of sp³-hybridized carbons (Fsp3) is 0.476. The molecule has 1 saturated carbocycles. The Morgan fingerprint density at radius 3 is 2.59 bits per heavy atom. The van der Waals surface area contributed by atoms with E-state index in [-0.39, 0.29) is 12.1 Å². The Balaban J connectivity index is 1.46. The van der Waals surface area contributed by atoms with Crippen molar-refractivity contribution in [1.29, 1.82) is 0 Å². The highest BCUT2D eigenvalue weighted by Gasteiger charge is 2.23. The molecule has 1 heterocycles. The second-order valence-corrected chi connectivity index (χ2v) is 7.62. The first-order valence-corrected chi connectivity index (χ1v) is 9.93. The highest BCUT2D eigenvalue weighted by Crippen LogP contribution is 2.23. The van der Waals surface area contributed by atoms with Crippen LogP contribution in [0.25, 0.3) is 0 Å². The van der Waals surface area contributed by atoms with Gasteiger partial charge in [0.15, 0.2) is 0 Å². The smallest absolute Gasteiger partial charge is 0.319 e. The summed E-state index contributed by atoms with van der Waals surface area (Å²) >= 11 is 0. The number of carbonyl (C=O) groups excluding carboxylic acids is 1. The van der Waals surface area contributed by atoms with E-state index in [9.17, 15) is 4.79 Å². The summed E-state index contributed by atoms with van der Waals surface area (Å²) in [5.41, 5.74) is 1.76. The van der Waals surface area contributed by atoms with Crippen molar-refractivity contribution in [2.24, 2.45) is 0 Å². The normalized spacial score (nSPS) is 18.6. The number of aryl methyl sites for hydroxylation is 1. The number of ether oxygens (including phenoxy) is 1. The van der Waals surface area contributed by atoms with Crippen molar-refractivity contribution in [2.45, 2.75) is 44.7 Å². The van der Waals surface area contributed by atoms with E-state index in [0.717, 1.165) is 37.1 Å². The minimum atomic E-state index is -0.188. The van der Waals surface area contributed by atoms with Gasteiger partial charge in [-0.15, -0.1) is 0 Å². The molecule has 1 aromatic carbocycles. The summed E-state index contributed by atoms with van der Waals surface area (Å²) in [4.78, 5) is 23.3. The van der Waals surface area contributed by atoms with Crippen LogP contribution in [0.4, 0.5) is 22.2 Å². The molecule has 156 valence electrons. The third kappa shape index (κ3) is 5.73. The number of benzene rings is 1. The molecule has 1 aromatic heterocycles. The summed E-state index contributed by atoms with van der Waals surface area (Å²) in [6.07, 6.45) is 5.59. The van der Waals surface area contributed by atoms with Crippen LogP contribution in [0.5, 0.6) is 5.75 Å². The number of nitrogens with one attached hydrogen (secondary N) is 3. The maximum absolute atomic E-state index is 12.3. The maximum Gasteiger partial charge on any atom is 0.319 e. The molecule has 0 spiro atoms. The van der Waals surface area contributed by atoms with Crippen molar-refractivity contribution in [1.82, 2.24) is 15.3 Å². The van der Waals surface area contributed by atoms with Gasteiger partial charge in [0.05, 0.1) is 7.11 Å². The van der Waals surface area contributed by atoms with Gasteiger partial charge in [-0.05, 0) is 44.7 Å². The van der Waals surface area contributed by atoms with E-state index in [2.05, 4.69) is 25.9 Å². The molecular formula is C21H30N6O2. The number of aromatic nitrogens is 2. The first-order chi connectivity index (χ1) is 13.9. The van der Waals surface area contributed by atoms with Crippen LogP contribution in [-0.4, -0.2) is 49.3 Å². The zero-order valence-corrected chi connectivity index (χ0v) is 17.5. The fourth-order valence-corrected chi connectivity index (χ4v) is 3.57. The lowest BCUT2D eigenvalue weighted by molar-refractivity contribution is 0.243. The molecule has 8 nitrogen and oxygen atoms in total. The number of hydrogen-bond acceptors (Lipinski definition) is 6. The van der Waals surface area contributed by atoms with E-state index in [0.29, 0.717) is 23.4 Å². The van der Waals surface area contributed by atoms with Crippen LogP contribution in [0, 0.1) is 6.92 Å². The number of amides is 2. The number of urea groups is 1. The number of rotatable bonds is 6. The largest absolute Gasteiger partial charge is 0.497 e. The SMILES string of the molecule is COc1cccc(NC(=O)NC2CCC(Nc3ncc(C)c(N(C)C)n3)CC2)c1. The first-order valence-electron chi connectivity index (χ1n) is 9.93. The van der Waals surface area contributed by atoms with Crippen molar-refractivity contribution >= 4 is 23.5 Å². The van der Waals surface area contributed by atoms with Gasteiger partial charge < -0.3 is 25.6 Å². The Hall–Kier alpha value is -3.03. The second-order valence-electron chi connectivity index (χ2n) is 7.62. The standard InChI is InChI=1S/C21H30N6O2/c1-14-13-22-20(26-19(14)27(2)3)23-15-8-10-16(11-9-15)24-21(28)25-17-6-5-7-18(12-17)29-4/h5-7,12-13,15-16H,8-11H2,1-4H3,(H,22,23,26)(H2,24,25,28). The van der Waals surface area contributed by atoms with Gasteiger partial charge in [-0.1, -0.05) is 6.07 Å². The Kier molecular flexibility index (Phi) is 6.74. The molecule has 0 aliphatic heterocycles. The first kappa shape index (κ1) is 20.7. The fourth-order valence-electron chi connectivity index (χ4n) is 3.57. The summed E-state index contributed by atoms with van der Waals surface area (Å²) in [6, 6.07) is 7.61. The Bertz CT molecular complexity index is 834. The molecule has 8 heteroatoms. The molecule has 2 aromatic rings. The Morgan fingerprint density at radius 2 is 1.90 bits per heavy atom. The predicted octanol–water partition coefficient (Wildman–Crippen LogP) is 3.40. The summed E-state index contributed by atoms with van der Waals surface area (Å²) in [7, 11) is 5.56. The quantitative estimate of drug-likeness (QED) is 0.691. The summed E-state index contributed by atoms with van der Waals surface area (Å²) in [5.74, 6) is 2.30. The third-order valence-corrected chi connectivity index (χ3v) is 5.09. The highest BCUT2D eigenvalue weighted by atomic mass is 16.5. The second kappa shape index (κ2) is 9.45. The van der Waals surface area contributed by atoms with Crippen molar-refractivity contribution in [3.8, 4) is 5.75 Å². The van der Waals surface area contributed by atoms with Gasteiger partial charge in [-0.25, -0.2) is 9.78 Å². The average molecular weight is 399 g/mol. The van der Waals surface area contributed by atoms with E-state index in [1.54, 1.807) is 13.2 Å². The van der Waals surface area contributed by atoms with Crippen LogP contribution in [0.3, 0.4) is 0 Å². The number of methoxy groups -OCH3 is 1. The van der Waals surface area contributed by atoms with E-state index >= 15 is 0 Å². The van der Waals surface area contributed by atoms with Crippen molar-refractivity contribution in [3.63, 3.8) is 0 Å². The van der Waals surface area contributed by atoms with Crippen molar-refractivity contribution in [3.05, 3.63) is 36.0 Å². The maximum atomic E-state index is 12.3. The minimum Gasteiger partial charge on any atom is -0.497 e. The monoisotopic (exact) mass is 398 g/mol. The minimum absolute atomic E-state index is 0.162. The average Bonchev–Trinajstić information content (AvgIpc) is 2.70. The van der Waals surface area contributed by atoms with Crippen LogP contribution >= 0.6 is 0 Å². The summed E-state index contributed by atoms with van der Waals surface area (Å²) < 4.78 is 5.18. The van der Waals surface area contributed by atoms with Gasteiger partial charge in [0.25, 0.3) is 0 Å². The topological polar surface area (TPSA) is 91.4 Å². The van der Waals surface area contributed by atoms with E-state index in [1.165, 1.54) is 0 Å². The van der Waals surface area contributed by atoms with Gasteiger partial charge in [0, 0.05) is 49.7 Å². The lowest BCUT2D eigenvalue weighted by atomic mass is 9.91. The Labute approximate surface area is 172 Å². The molecule has 3 N–H and O–H groups in total. The predicted molar refractivity (Wildman–Crippen MR) is 116 cm³/mol. The van der Waals surface area contributed by atoms with Gasteiger partial charge in [0.1, 0.15) is 11.6 Å². The lowest BCUT2D eigenvalue weighted by Gasteiger charge is -2.30. The Morgan fingerprint density at radius 1 is 1.17 bits per heavy atom. The van der Waals surface area contributed by atoms with Gasteiger partial charge in [-0.3, -0.25) is 0 Å². The van der Waals surface area contributed by atoms with Gasteiger partial charge in [-0.2, -0.15) is 4.98 Å².